The topological polar surface area (TPSA) is 59.9 Å². The van der Waals surface area contributed by atoms with Crippen molar-refractivity contribution in [3.05, 3.63) is 10.0 Å². The highest BCUT2D eigenvalue weighted by Gasteiger charge is 2.32. The summed E-state index contributed by atoms with van der Waals surface area (Å²) in [5, 5.41) is 9.21. The van der Waals surface area contributed by atoms with Gasteiger partial charge in [-0.15, -0.1) is 33.1 Å². The molecule has 17 heavy (non-hydrogen) atoms. The lowest BCUT2D eigenvalue weighted by molar-refractivity contribution is 0.544. The van der Waals surface area contributed by atoms with Crippen molar-refractivity contribution in [1.29, 1.82) is 0 Å². The fourth-order valence-corrected chi connectivity index (χ4v) is 5.34. The maximum atomic E-state index is 11.9. The van der Waals surface area contributed by atoms with Gasteiger partial charge < -0.3 is 0 Å². The summed E-state index contributed by atoms with van der Waals surface area (Å²) in [6, 6.07) is 0. The Balaban J connectivity index is 2.13. The Morgan fingerprint density at radius 2 is 2.18 bits per heavy atom. The van der Waals surface area contributed by atoms with Crippen molar-refractivity contribution in [2.45, 2.75) is 37.4 Å². The molecule has 4 nitrogen and oxygen atoms in total. The van der Waals surface area contributed by atoms with E-state index in [0.29, 0.717) is 17.3 Å². The molecular formula is C10H15ClN2O2S2. The average molecular weight is 295 g/mol. The fraction of sp³-hybridized carbons (Fsp3) is 0.800. The van der Waals surface area contributed by atoms with E-state index in [2.05, 4.69) is 10.2 Å². The SMILES string of the molecule is O=S1(=O)CCCCC1c1nnc(CCCCl)s1. The Morgan fingerprint density at radius 1 is 1.35 bits per heavy atom. The molecule has 0 bridgehead atoms. The quantitative estimate of drug-likeness (QED) is 0.800. The highest BCUT2D eigenvalue weighted by molar-refractivity contribution is 7.91. The second-order valence-electron chi connectivity index (χ2n) is 4.18. The van der Waals surface area contributed by atoms with E-state index in [1.165, 1.54) is 11.3 Å². The largest absolute Gasteiger partial charge is 0.228 e. The summed E-state index contributed by atoms with van der Waals surface area (Å²) in [5.41, 5.74) is 0. The minimum absolute atomic E-state index is 0.286. The van der Waals surface area contributed by atoms with Gasteiger partial charge in [0.15, 0.2) is 9.84 Å². The zero-order valence-electron chi connectivity index (χ0n) is 9.43. The Bertz CT molecular complexity index is 472. The molecular weight excluding hydrogens is 280 g/mol. The third-order valence-corrected chi connectivity index (χ3v) is 6.56. The molecule has 0 N–H and O–H groups in total. The molecule has 96 valence electrons. The summed E-state index contributed by atoms with van der Waals surface area (Å²) in [4.78, 5) is 0. The van der Waals surface area contributed by atoms with E-state index in [9.17, 15) is 8.42 Å². The average Bonchev–Trinajstić information content (AvgIpc) is 2.74. The molecule has 1 aromatic rings. The fourth-order valence-electron chi connectivity index (χ4n) is 1.95. The van der Waals surface area contributed by atoms with Crippen molar-refractivity contribution in [3.8, 4) is 0 Å². The van der Waals surface area contributed by atoms with E-state index in [4.69, 9.17) is 11.6 Å². The van der Waals surface area contributed by atoms with Crippen molar-refractivity contribution in [2.75, 3.05) is 11.6 Å². The molecule has 0 amide bonds. The molecule has 7 heteroatoms. The standard InChI is InChI=1S/C10H15ClN2O2S2/c11-6-3-5-9-12-13-10(16-9)8-4-1-2-7-17(8,14)15/h8H,1-7H2. The highest BCUT2D eigenvalue weighted by atomic mass is 35.5. The van der Waals surface area contributed by atoms with Crippen LogP contribution in [0.2, 0.25) is 0 Å². The van der Waals surface area contributed by atoms with Gasteiger partial charge in [-0.1, -0.05) is 6.42 Å². The summed E-state index contributed by atoms with van der Waals surface area (Å²) in [6.45, 7) is 0. The van der Waals surface area contributed by atoms with Crippen molar-refractivity contribution >= 4 is 32.8 Å². The molecule has 0 saturated carbocycles. The summed E-state index contributed by atoms with van der Waals surface area (Å²) >= 11 is 7.03. The lowest BCUT2D eigenvalue weighted by atomic mass is 10.2. The van der Waals surface area contributed by atoms with E-state index >= 15 is 0 Å². The first kappa shape index (κ1) is 13.2. The monoisotopic (exact) mass is 294 g/mol. The van der Waals surface area contributed by atoms with Gasteiger partial charge in [0.05, 0.1) is 5.75 Å². The number of nitrogens with zero attached hydrogens (tertiary/aromatic N) is 2. The first-order chi connectivity index (χ1) is 8.13. The van der Waals surface area contributed by atoms with Gasteiger partial charge in [-0.25, -0.2) is 8.42 Å². The van der Waals surface area contributed by atoms with Crippen LogP contribution in [0, 0.1) is 0 Å². The molecule has 1 aromatic heterocycles. The summed E-state index contributed by atoms with van der Waals surface area (Å²) in [6.07, 6.45) is 4.06. The smallest absolute Gasteiger partial charge is 0.159 e. The van der Waals surface area contributed by atoms with Crippen LogP contribution in [0.4, 0.5) is 0 Å². The number of sulfone groups is 1. The number of aromatic nitrogens is 2. The van der Waals surface area contributed by atoms with Crippen LogP contribution in [0.15, 0.2) is 0 Å². The van der Waals surface area contributed by atoms with Crippen LogP contribution in [0.3, 0.4) is 0 Å². The van der Waals surface area contributed by atoms with Crippen LogP contribution in [-0.4, -0.2) is 30.2 Å². The minimum Gasteiger partial charge on any atom is -0.228 e. The first-order valence-corrected chi connectivity index (χ1v) is 8.80. The molecule has 1 aliphatic heterocycles. The van der Waals surface area contributed by atoms with E-state index in [1.807, 2.05) is 0 Å². The van der Waals surface area contributed by atoms with Crippen LogP contribution in [0.25, 0.3) is 0 Å². The third-order valence-electron chi connectivity index (χ3n) is 2.86. The molecule has 0 aliphatic carbocycles. The molecule has 1 saturated heterocycles. The van der Waals surface area contributed by atoms with Crippen molar-refractivity contribution in [3.63, 3.8) is 0 Å². The Kier molecular flexibility index (Phi) is 4.38. The number of alkyl halides is 1. The molecule has 1 unspecified atom stereocenters. The predicted octanol–water partition coefficient (Wildman–Crippen LogP) is 2.35. The summed E-state index contributed by atoms with van der Waals surface area (Å²) in [7, 11) is -3.00. The maximum absolute atomic E-state index is 11.9. The van der Waals surface area contributed by atoms with Gasteiger partial charge in [0, 0.05) is 12.3 Å². The number of hydrogen-bond donors (Lipinski definition) is 0. The van der Waals surface area contributed by atoms with Crippen molar-refractivity contribution < 1.29 is 8.42 Å². The Hall–Kier alpha value is -0.200. The summed E-state index contributed by atoms with van der Waals surface area (Å²) < 4.78 is 23.8. The van der Waals surface area contributed by atoms with Crippen LogP contribution in [-0.2, 0) is 16.3 Å². The van der Waals surface area contributed by atoms with Crippen molar-refractivity contribution in [2.24, 2.45) is 0 Å². The van der Waals surface area contributed by atoms with Gasteiger partial charge in [0.1, 0.15) is 15.3 Å². The molecule has 1 aliphatic rings. The Morgan fingerprint density at radius 3 is 2.88 bits per heavy atom. The number of rotatable bonds is 4. The third kappa shape index (κ3) is 3.17. The second kappa shape index (κ2) is 5.63. The highest BCUT2D eigenvalue weighted by Crippen LogP contribution is 2.34. The molecule has 0 aromatic carbocycles. The normalized spacial score (nSPS) is 23.7. The van der Waals surface area contributed by atoms with E-state index in [1.54, 1.807) is 0 Å². The molecule has 2 heterocycles. The van der Waals surface area contributed by atoms with Gasteiger partial charge in [-0.05, 0) is 19.3 Å². The number of halogens is 1. The molecule has 1 fully saturated rings. The van der Waals surface area contributed by atoms with E-state index < -0.39 is 15.1 Å². The van der Waals surface area contributed by atoms with Crippen molar-refractivity contribution in [1.82, 2.24) is 10.2 Å². The van der Waals surface area contributed by atoms with E-state index in [0.717, 1.165) is 30.7 Å². The number of hydrogen-bond acceptors (Lipinski definition) is 5. The Labute approximate surface area is 110 Å². The van der Waals surface area contributed by atoms with Gasteiger partial charge in [-0.2, -0.15) is 0 Å². The zero-order valence-corrected chi connectivity index (χ0v) is 11.8. The lowest BCUT2D eigenvalue weighted by Crippen LogP contribution is -2.21. The summed E-state index contributed by atoms with van der Waals surface area (Å²) in [5.74, 6) is 0.880. The van der Waals surface area contributed by atoms with Crippen LogP contribution >= 0.6 is 22.9 Å². The van der Waals surface area contributed by atoms with Crippen LogP contribution in [0.1, 0.15) is 40.9 Å². The number of aryl methyl sites for hydroxylation is 1. The minimum atomic E-state index is -3.00. The molecule has 0 radical (unpaired) electrons. The maximum Gasteiger partial charge on any atom is 0.159 e. The lowest BCUT2D eigenvalue weighted by Gasteiger charge is -2.19. The van der Waals surface area contributed by atoms with Gasteiger partial charge >= 0.3 is 0 Å². The second-order valence-corrected chi connectivity index (χ2v) is 7.95. The van der Waals surface area contributed by atoms with Gasteiger partial charge in [-0.3, -0.25) is 0 Å². The van der Waals surface area contributed by atoms with Gasteiger partial charge in [0.2, 0.25) is 0 Å². The van der Waals surface area contributed by atoms with Crippen LogP contribution < -0.4 is 0 Å². The van der Waals surface area contributed by atoms with Crippen LogP contribution in [0.5, 0.6) is 0 Å². The zero-order chi connectivity index (χ0) is 12.3. The first-order valence-electron chi connectivity index (χ1n) is 5.73. The predicted molar refractivity (Wildman–Crippen MR) is 69.3 cm³/mol. The molecule has 2 rings (SSSR count). The van der Waals surface area contributed by atoms with Gasteiger partial charge in [0.25, 0.3) is 0 Å². The van der Waals surface area contributed by atoms with E-state index in [-0.39, 0.29) is 5.75 Å². The molecule has 0 spiro atoms. The molecule has 1 atom stereocenters.